The van der Waals surface area contributed by atoms with E-state index < -0.39 is 5.97 Å². The van der Waals surface area contributed by atoms with Crippen molar-refractivity contribution in [2.75, 3.05) is 6.61 Å². The maximum atomic E-state index is 11.2. The van der Waals surface area contributed by atoms with E-state index in [1.165, 1.54) is 0 Å². The topological polar surface area (TPSA) is 39.2 Å². The monoisotopic (exact) mass is 293 g/mol. The molecular weight excluding hydrogens is 284 g/mol. The number of ether oxygens (including phenoxy) is 1. The van der Waals surface area contributed by atoms with Crippen molar-refractivity contribution < 1.29 is 9.53 Å². The molecule has 1 aromatic heterocycles. The predicted octanol–water partition coefficient (Wildman–Crippen LogP) is 3.44. The summed E-state index contributed by atoms with van der Waals surface area (Å²) in [5.41, 5.74) is 1.08. The van der Waals surface area contributed by atoms with Gasteiger partial charge in [0.2, 0.25) is 0 Å². The van der Waals surface area contributed by atoms with E-state index in [-0.39, 0.29) is 16.1 Å². The van der Waals surface area contributed by atoms with Crippen LogP contribution in [0, 0.1) is 0 Å². The van der Waals surface area contributed by atoms with Gasteiger partial charge in [0.1, 0.15) is 4.49 Å². The first kappa shape index (κ1) is 14.3. The first-order valence-corrected chi connectivity index (χ1v) is 6.01. The highest BCUT2D eigenvalue weighted by Crippen LogP contribution is 2.18. The Morgan fingerprint density at radius 1 is 1.35 bits per heavy atom. The smallest absolute Gasteiger partial charge is 0.352 e. The minimum atomic E-state index is -0.710. The molecule has 0 aliphatic heterocycles. The predicted molar refractivity (Wildman–Crippen MR) is 68.1 cm³/mol. The van der Waals surface area contributed by atoms with Crippen LogP contribution in [0.3, 0.4) is 0 Å². The maximum absolute atomic E-state index is 11.2. The van der Waals surface area contributed by atoms with Crippen molar-refractivity contribution in [3.63, 3.8) is 0 Å². The van der Waals surface area contributed by atoms with E-state index >= 15 is 0 Å². The second kappa shape index (κ2) is 7.54. The van der Waals surface area contributed by atoms with Crippen molar-refractivity contribution in [1.29, 1.82) is 0 Å². The van der Waals surface area contributed by atoms with Crippen LogP contribution in [0.1, 0.15) is 12.0 Å². The Kier molecular flexibility index (Phi) is 6.34. The molecule has 0 bridgehead atoms. The molecule has 0 saturated carbocycles. The van der Waals surface area contributed by atoms with Crippen LogP contribution in [-0.4, -0.2) is 17.6 Å². The molecule has 0 aliphatic carbocycles. The number of pyridine rings is 1. The molecule has 0 spiro atoms. The van der Waals surface area contributed by atoms with Gasteiger partial charge in [-0.2, -0.15) is 0 Å². The standard InChI is InChI=1S/C11H10Cl3NO2/c12-9(10(13)14)11(16)17-6-2-4-8-3-1-5-15-7-8/h1,3,5,7H,2,4,6H2. The van der Waals surface area contributed by atoms with E-state index in [1.54, 1.807) is 12.4 Å². The lowest BCUT2D eigenvalue weighted by molar-refractivity contribution is -0.138. The van der Waals surface area contributed by atoms with Crippen molar-refractivity contribution in [3.8, 4) is 0 Å². The zero-order chi connectivity index (χ0) is 12.7. The van der Waals surface area contributed by atoms with Gasteiger partial charge < -0.3 is 4.74 Å². The molecule has 17 heavy (non-hydrogen) atoms. The normalized spacial score (nSPS) is 9.82. The van der Waals surface area contributed by atoms with Crippen LogP contribution in [0.5, 0.6) is 0 Å². The molecule has 92 valence electrons. The van der Waals surface area contributed by atoms with Crippen LogP contribution < -0.4 is 0 Å². The van der Waals surface area contributed by atoms with Crippen LogP contribution in [0.15, 0.2) is 34.1 Å². The Morgan fingerprint density at radius 2 is 2.12 bits per heavy atom. The molecule has 6 heteroatoms. The lowest BCUT2D eigenvalue weighted by Gasteiger charge is -2.03. The number of aromatic nitrogens is 1. The summed E-state index contributed by atoms with van der Waals surface area (Å²) < 4.78 is 4.58. The number of esters is 1. The molecule has 1 aromatic rings. The zero-order valence-electron chi connectivity index (χ0n) is 8.83. The highest BCUT2D eigenvalue weighted by molar-refractivity contribution is 6.62. The fourth-order valence-electron chi connectivity index (χ4n) is 1.13. The van der Waals surface area contributed by atoms with Gasteiger partial charge in [-0.05, 0) is 24.5 Å². The quantitative estimate of drug-likeness (QED) is 0.474. The summed E-state index contributed by atoms with van der Waals surface area (Å²) in [6.07, 6.45) is 4.93. The summed E-state index contributed by atoms with van der Waals surface area (Å²) in [5, 5.41) is -0.297. The number of carbonyl (C=O) groups is 1. The highest BCUT2D eigenvalue weighted by atomic mass is 35.5. The van der Waals surface area contributed by atoms with Crippen molar-refractivity contribution in [3.05, 3.63) is 39.6 Å². The molecule has 0 N–H and O–H groups in total. The number of nitrogens with zero attached hydrogens (tertiary/aromatic N) is 1. The third-order valence-electron chi connectivity index (χ3n) is 1.91. The lowest BCUT2D eigenvalue weighted by atomic mass is 10.2. The molecule has 1 heterocycles. The Hall–Kier alpha value is -0.770. The number of hydrogen-bond donors (Lipinski definition) is 0. The summed E-state index contributed by atoms with van der Waals surface area (Å²) in [6.45, 7) is 0.255. The summed E-state index contributed by atoms with van der Waals surface area (Å²) in [4.78, 5) is 15.2. The largest absolute Gasteiger partial charge is 0.461 e. The molecular formula is C11H10Cl3NO2. The fraction of sp³-hybridized carbons (Fsp3) is 0.273. The van der Waals surface area contributed by atoms with Gasteiger partial charge in [0.15, 0.2) is 5.03 Å². The van der Waals surface area contributed by atoms with Crippen molar-refractivity contribution in [2.45, 2.75) is 12.8 Å². The second-order valence-corrected chi connectivity index (χ2v) is 4.50. The van der Waals surface area contributed by atoms with Gasteiger partial charge in [-0.3, -0.25) is 4.98 Å². The minimum absolute atomic E-state index is 0.255. The number of carbonyl (C=O) groups excluding carboxylic acids is 1. The Labute approximate surface area is 114 Å². The van der Waals surface area contributed by atoms with Gasteiger partial charge in [-0.1, -0.05) is 40.9 Å². The van der Waals surface area contributed by atoms with Gasteiger partial charge in [0.05, 0.1) is 6.61 Å². The van der Waals surface area contributed by atoms with Gasteiger partial charge in [0, 0.05) is 12.4 Å². The fourth-order valence-corrected chi connectivity index (χ4v) is 1.34. The zero-order valence-corrected chi connectivity index (χ0v) is 11.1. The van der Waals surface area contributed by atoms with Gasteiger partial charge in [-0.15, -0.1) is 0 Å². The van der Waals surface area contributed by atoms with Crippen LogP contribution in [0.4, 0.5) is 0 Å². The first-order chi connectivity index (χ1) is 8.11. The third-order valence-corrected chi connectivity index (χ3v) is 2.83. The van der Waals surface area contributed by atoms with E-state index in [0.717, 1.165) is 12.0 Å². The molecule has 0 aliphatic rings. The Morgan fingerprint density at radius 3 is 2.71 bits per heavy atom. The minimum Gasteiger partial charge on any atom is -0.461 e. The molecule has 1 rings (SSSR count). The molecule has 0 fully saturated rings. The Bertz CT molecular complexity index is 402. The van der Waals surface area contributed by atoms with Gasteiger partial charge >= 0.3 is 5.97 Å². The van der Waals surface area contributed by atoms with Crippen LogP contribution >= 0.6 is 34.8 Å². The molecule has 0 atom stereocenters. The lowest BCUT2D eigenvalue weighted by Crippen LogP contribution is -2.07. The molecule has 0 radical (unpaired) electrons. The van der Waals surface area contributed by atoms with E-state index in [2.05, 4.69) is 4.98 Å². The molecule has 0 amide bonds. The van der Waals surface area contributed by atoms with Crippen molar-refractivity contribution in [2.24, 2.45) is 0 Å². The SMILES string of the molecule is O=C(OCCCc1cccnc1)C(Cl)=C(Cl)Cl. The van der Waals surface area contributed by atoms with Crippen LogP contribution in [0.2, 0.25) is 0 Å². The second-order valence-electron chi connectivity index (χ2n) is 3.18. The van der Waals surface area contributed by atoms with E-state index in [1.807, 2.05) is 12.1 Å². The molecule has 0 saturated heterocycles. The molecule has 0 unspecified atom stereocenters. The van der Waals surface area contributed by atoms with E-state index in [9.17, 15) is 4.79 Å². The number of halogens is 3. The van der Waals surface area contributed by atoms with E-state index in [0.29, 0.717) is 6.42 Å². The molecule has 0 aromatic carbocycles. The van der Waals surface area contributed by atoms with Crippen molar-refractivity contribution in [1.82, 2.24) is 4.98 Å². The van der Waals surface area contributed by atoms with Crippen molar-refractivity contribution >= 4 is 40.8 Å². The maximum Gasteiger partial charge on any atom is 0.352 e. The number of aryl methyl sites for hydroxylation is 1. The first-order valence-electron chi connectivity index (χ1n) is 4.88. The average Bonchev–Trinajstić information content (AvgIpc) is 2.34. The van der Waals surface area contributed by atoms with E-state index in [4.69, 9.17) is 39.5 Å². The summed E-state index contributed by atoms with van der Waals surface area (Å²) >= 11 is 16.2. The summed E-state index contributed by atoms with van der Waals surface area (Å²) in [5.74, 6) is -0.710. The average molecular weight is 295 g/mol. The Balaban J connectivity index is 2.26. The number of rotatable bonds is 5. The summed E-state index contributed by atoms with van der Waals surface area (Å²) in [7, 11) is 0. The number of hydrogen-bond acceptors (Lipinski definition) is 3. The van der Waals surface area contributed by atoms with Gasteiger partial charge in [0.25, 0.3) is 0 Å². The third kappa shape index (κ3) is 5.39. The highest BCUT2D eigenvalue weighted by Gasteiger charge is 2.11. The van der Waals surface area contributed by atoms with Crippen LogP contribution in [-0.2, 0) is 16.0 Å². The summed E-state index contributed by atoms with van der Waals surface area (Å²) in [6, 6.07) is 3.81. The van der Waals surface area contributed by atoms with Gasteiger partial charge in [-0.25, -0.2) is 4.79 Å². The molecule has 3 nitrogen and oxygen atoms in total. The van der Waals surface area contributed by atoms with Crippen LogP contribution in [0.25, 0.3) is 0 Å².